The Bertz CT molecular complexity index is 207. The molecule has 17 heavy (non-hydrogen) atoms. The molecule has 0 radical (unpaired) electrons. The van der Waals surface area contributed by atoms with Gasteiger partial charge >= 0.3 is 0 Å². The topological polar surface area (TPSA) is 6.48 Å². The highest BCUT2D eigenvalue weighted by molar-refractivity contribution is 4.94. The van der Waals surface area contributed by atoms with Crippen LogP contribution < -0.4 is 0 Å². The van der Waals surface area contributed by atoms with E-state index in [4.69, 9.17) is 0 Å². The van der Waals surface area contributed by atoms with Crippen LogP contribution in [0.2, 0.25) is 0 Å². The van der Waals surface area contributed by atoms with Gasteiger partial charge in [0.2, 0.25) is 0 Å². The van der Waals surface area contributed by atoms with Crippen LogP contribution in [0.5, 0.6) is 0 Å². The predicted octanol–water partition coefficient (Wildman–Crippen LogP) is 3.15. The lowest BCUT2D eigenvalue weighted by atomic mass is 10.1. The summed E-state index contributed by atoms with van der Waals surface area (Å²) in [4.78, 5) is 5.00. The number of nitrogens with zero attached hydrogens (tertiary/aromatic N) is 2. The zero-order valence-electron chi connectivity index (χ0n) is 11.9. The van der Waals surface area contributed by atoms with E-state index in [2.05, 4.69) is 30.4 Å². The standard InChI is InChI=1S/C15H30N2/c1-4-10-16(3)14-9-15(2)8-7-13-17-11-5-6-12-17/h2,4-14H2,1,3H3. The van der Waals surface area contributed by atoms with Crippen molar-refractivity contribution in [1.29, 1.82) is 0 Å². The molecule has 0 aromatic rings. The molecule has 2 nitrogen and oxygen atoms in total. The van der Waals surface area contributed by atoms with Gasteiger partial charge in [-0.1, -0.05) is 19.1 Å². The zero-order chi connectivity index (χ0) is 12.5. The summed E-state index contributed by atoms with van der Waals surface area (Å²) in [5.41, 5.74) is 1.44. The maximum absolute atomic E-state index is 4.21. The molecular weight excluding hydrogens is 208 g/mol. The average Bonchev–Trinajstić information content (AvgIpc) is 2.80. The third kappa shape index (κ3) is 6.85. The van der Waals surface area contributed by atoms with Crippen LogP contribution in [0.3, 0.4) is 0 Å². The molecular formula is C15H30N2. The molecule has 0 N–H and O–H groups in total. The summed E-state index contributed by atoms with van der Waals surface area (Å²) >= 11 is 0. The van der Waals surface area contributed by atoms with Gasteiger partial charge in [0.15, 0.2) is 0 Å². The molecule has 1 heterocycles. The molecule has 1 fully saturated rings. The Kier molecular flexibility index (Phi) is 7.54. The smallest absolute Gasteiger partial charge is 0.00154 e. The molecule has 0 aliphatic carbocycles. The second-order valence-electron chi connectivity index (χ2n) is 5.46. The van der Waals surface area contributed by atoms with Gasteiger partial charge in [-0.25, -0.2) is 0 Å². The third-order valence-electron chi connectivity index (χ3n) is 3.66. The maximum Gasteiger partial charge on any atom is 0.00154 e. The van der Waals surface area contributed by atoms with E-state index >= 15 is 0 Å². The lowest BCUT2D eigenvalue weighted by Crippen LogP contribution is -2.21. The third-order valence-corrected chi connectivity index (χ3v) is 3.66. The summed E-state index contributed by atoms with van der Waals surface area (Å²) in [6.07, 6.45) is 7.76. The monoisotopic (exact) mass is 238 g/mol. The van der Waals surface area contributed by atoms with Crippen LogP contribution in [0.4, 0.5) is 0 Å². The van der Waals surface area contributed by atoms with E-state index in [9.17, 15) is 0 Å². The first-order valence-corrected chi connectivity index (χ1v) is 7.30. The van der Waals surface area contributed by atoms with E-state index in [0.29, 0.717) is 0 Å². The lowest BCUT2D eigenvalue weighted by molar-refractivity contribution is 0.326. The van der Waals surface area contributed by atoms with Crippen molar-refractivity contribution in [2.45, 2.75) is 45.4 Å². The minimum absolute atomic E-state index is 1.18. The van der Waals surface area contributed by atoms with E-state index in [1.807, 2.05) is 0 Å². The summed E-state index contributed by atoms with van der Waals surface area (Å²) in [7, 11) is 2.21. The predicted molar refractivity (Wildman–Crippen MR) is 76.5 cm³/mol. The normalized spacial score (nSPS) is 16.9. The molecule has 1 aliphatic heterocycles. The summed E-state index contributed by atoms with van der Waals surface area (Å²) in [6, 6.07) is 0. The summed E-state index contributed by atoms with van der Waals surface area (Å²) < 4.78 is 0. The van der Waals surface area contributed by atoms with Crippen LogP contribution in [0.25, 0.3) is 0 Å². The molecule has 0 saturated carbocycles. The Morgan fingerprint density at radius 3 is 2.53 bits per heavy atom. The molecule has 1 rings (SSSR count). The molecule has 0 aromatic carbocycles. The van der Waals surface area contributed by atoms with Crippen molar-refractivity contribution < 1.29 is 0 Å². The zero-order valence-corrected chi connectivity index (χ0v) is 11.9. The molecule has 1 saturated heterocycles. The van der Waals surface area contributed by atoms with Crippen molar-refractivity contribution in [3.05, 3.63) is 12.2 Å². The number of hydrogen-bond acceptors (Lipinski definition) is 2. The number of likely N-dealkylation sites (tertiary alicyclic amines) is 1. The van der Waals surface area contributed by atoms with Gasteiger partial charge in [-0.3, -0.25) is 0 Å². The molecule has 0 bridgehead atoms. The first-order valence-electron chi connectivity index (χ1n) is 7.30. The Morgan fingerprint density at radius 2 is 1.88 bits per heavy atom. The Hall–Kier alpha value is -0.340. The van der Waals surface area contributed by atoms with Crippen LogP contribution >= 0.6 is 0 Å². The van der Waals surface area contributed by atoms with E-state index in [1.165, 1.54) is 76.8 Å². The molecule has 0 spiro atoms. The highest BCUT2D eigenvalue weighted by atomic mass is 15.1. The quantitative estimate of drug-likeness (QED) is 0.569. The Balaban J connectivity index is 1.96. The van der Waals surface area contributed by atoms with Gasteiger partial charge in [-0.05, 0) is 71.8 Å². The van der Waals surface area contributed by atoms with Crippen molar-refractivity contribution in [1.82, 2.24) is 9.80 Å². The van der Waals surface area contributed by atoms with Gasteiger partial charge < -0.3 is 9.80 Å². The van der Waals surface area contributed by atoms with Crippen LogP contribution in [0.1, 0.15) is 45.4 Å². The summed E-state index contributed by atoms with van der Waals surface area (Å²) in [5.74, 6) is 0. The Labute approximate surface area is 108 Å². The van der Waals surface area contributed by atoms with Crippen molar-refractivity contribution in [3.8, 4) is 0 Å². The molecule has 2 heteroatoms. The second kappa shape index (κ2) is 8.71. The van der Waals surface area contributed by atoms with E-state index in [1.54, 1.807) is 0 Å². The van der Waals surface area contributed by atoms with Crippen LogP contribution in [0, 0.1) is 0 Å². The fourth-order valence-electron chi connectivity index (χ4n) is 2.53. The molecule has 0 amide bonds. The molecule has 1 aliphatic rings. The molecule has 0 unspecified atom stereocenters. The van der Waals surface area contributed by atoms with Crippen LogP contribution in [-0.4, -0.2) is 49.6 Å². The first kappa shape index (κ1) is 14.7. The van der Waals surface area contributed by atoms with Crippen molar-refractivity contribution in [2.75, 3.05) is 39.8 Å². The van der Waals surface area contributed by atoms with Crippen LogP contribution in [0.15, 0.2) is 12.2 Å². The van der Waals surface area contributed by atoms with Gasteiger partial charge in [0.05, 0.1) is 0 Å². The first-order chi connectivity index (χ1) is 8.22. The Morgan fingerprint density at radius 1 is 1.18 bits per heavy atom. The molecule has 100 valence electrons. The molecule has 0 aromatic heterocycles. The van der Waals surface area contributed by atoms with Crippen molar-refractivity contribution >= 4 is 0 Å². The average molecular weight is 238 g/mol. The lowest BCUT2D eigenvalue weighted by Gasteiger charge is -2.17. The largest absolute Gasteiger partial charge is 0.306 e. The maximum atomic E-state index is 4.21. The van der Waals surface area contributed by atoms with Gasteiger partial charge in [0.1, 0.15) is 0 Å². The summed E-state index contributed by atoms with van der Waals surface area (Å²) in [5, 5.41) is 0. The van der Waals surface area contributed by atoms with Crippen LogP contribution in [-0.2, 0) is 0 Å². The van der Waals surface area contributed by atoms with Gasteiger partial charge in [0, 0.05) is 6.54 Å². The van der Waals surface area contributed by atoms with E-state index < -0.39 is 0 Å². The van der Waals surface area contributed by atoms with E-state index in [-0.39, 0.29) is 0 Å². The fourth-order valence-corrected chi connectivity index (χ4v) is 2.53. The minimum atomic E-state index is 1.18. The molecule has 0 atom stereocenters. The number of hydrogen-bond donors (Lipinski definition) is 0. The summed E-state index contributed by atoms with van der Waals surface area (Å²) in [6.45, 7) is 12.8. The van der Waals surface area contributed by atoms with E-state index in [0.717, 1.165) is 0 Å². The minimum Gasteiger partial charge on any atom is -0.306 e. The fraction of sp³-hybridized carbons (Fsp3) is 0.867. The van der Waals surface area contributed by atoms with Crippen molar-refractivity contribution in [2.24, 2.45) is 0 Å². The number of rotatable bonds is 9. The van der Waals surface area contributed by atoms with Crippen molar-refractivity contribution in [3.63, 3.8) is 0 Å². The second-order valence-corrected chi connectivity index (χ2v) is 5.46. The van der Waals surface area contributed by atoms with Gasteiger partial charge in [-0.15, -0.1) is 0 Å². The van der Waals surface area contributed by atoms with Gasteiger partial charge in [-0.2, -0.15) is 0 Å². The highest BCUT2D eigenvalue weighted by Crippen LogP contribution is 2.12. The SMILES string of the molecule is C=C(CCCN1CCCC1)CCN(C)CCC. The highest BCUT2D eigenvalue weighted by Gasteiger charge is 2.10. The van der Waals surface area contributed by atoms with Gasteiger partial charge in [0.25, 0.3) is 0 Å².